The van der Waals surface area contributed by atoms with Gasteiger partial charge in [-0.15, -0.1) is 11.3 Å². The summed E-state index contributed by atoms with van der Waals surface area (Å²) < 4.78 is 29.7. The lowest BCUT2D eigenvalue weighted by atomic mass is 9.99. The molecule has 188 valence electrons. The monoisotopic (exact) mass is 511 g/mol. The predicted molar refractivity (Wildman–Crippen MR) is 138 cm³/mol. The number of rotatable bonds is 7. The molecular weight excluding hydrogens is 485 g/mol. The van der Waals surface area contributed by atoms with Crippen molar-refractivity contribution in [3.8, 4) is 17.2 Å². The summed E-state index contributed by atoms with van der Waals surface area (Å²) in [5.41, 5.74) is 3.46. The summed E-state index contributed by atoms with van der Waals surface area (Å²) in [6, 6.07) is 9.03. The molecule has 0 spiro atoms. The molecule has 0 aliphatic carbocycles. The highest BCUT2D eigenvalue weighted by Gasteiger charge is 2.31. The third kappa shape index (κ3) is 4.76. The quantitative estimate of drug-likeness (QED) is 0.509. The lowest BCUT2D eigenvalue weighted by molar-refractivity contribution is -0.120. The van der Waals surface area contributed by atoms with Gasteiger partial charge in [0.1, 0.15) is 23.9 Å². The summed E-state index contributed by atoms with van der Waals surface area (Å²) >= 11 is 1.43. The zero-order valence-electron chi connectivity index (χ0n) is 20.6. The Morgan fingerprint density at radius 3 is 2.31 bits per heavy atom. The number of ether oxygens (including phenoxy) is 3. The molecule has 0 atom stereocenters. The third-order valence-electron chi connectivity index (χ3n) is 5.89. The number of aliphatic imine (C=N–C) groups is 1. The SMILES string of the molecule is COc1cc(C2=NCC(=O)N(CC(=O)Nc3ccc(F)cc3)c3sc(C)c(C)c32)cc(OC)c1OC. The van der Waals surface area contributed by atoms with Crippen LogP contribution >= 0.6 is 11.3 Å². The fraction of sp³-hybridized carbons (Fsp3) is 0.269. The zero-order chi connectivity index (χ0) is 26.0. The molecule has 36 heavy (non-hydrogen) atoms. The fourth-order valence-electron chi connectivity index (χ4n) is 3.99. The number of benzene rings is 2. The molecule has 1 N–H and O–H groups in total. The van der Waals surface area contributed by atoms with Crippen molar-refractivity contribution >= 4 is 39.6 Å². The van der Waals surface area contributed by atoms with Gasteiger partial charge in [0.2, 0.25) is 17.6 Å². The molecule has 3 aromatic rings. The summed E-state index contributed by atoms with van der Waals surface area (Å²) in [5.74, 6) is 0.265. The molecule has 0 fully saturated rings. The second kappa shape index (κ2) is 10.4. The maximum atomic E-state index is 13.2. The van der Waals surface area contributed by atoms with Crippen LogP contribution in [0.15, 0.2) is 41.4 Å². The van der Waals surface area contributed by atoms with Crippen LogP contribution in [0.1, 0.15) is 21.6 Å². The molecule has 2 aromatic carbocycles. The molecule has 1 aliphatic heterocycles. The van der Waals surface area contributed by atoms with Crippen LogP contribution in [-0.4, -0.2) is 51.9 Å². The van der Waals surface area contributed by atoms with Crippen molar-refractivity contribution in [2.45, 2.75) is 13.8 Å². The first-order valence-electron chi connectivity index (χ1n) is 11.1. The maximum absolute atomic E-state index is 13.2. The topological polar surface area (TPSA) is 89.5 Å². The minimum Gasteiger partial charge on any atom is -0.493 e. The van der Waals surface area contributed by atoms with E-state index >= 15 is 0 Å². The van der Waals surface area contributed by atoms with Crippen LogP contribution in [-0.2, 0) is 9.59 Å². The first-order chi connectivity index (χ1) is 17.3. The molecule has 1 aliphatic rings. The summed E-state index contributed by atoms with van der Waals surface area (Å²) in [6.45, 7) is 3.57. The Hall–Kier alpha value is -3.92. The van der Waals surface area contributed by atoms with Gasteiger partial charge < -0.3 is 19.5 Å². The summed E-state index contributed by atoms with van der Waals surface area (Å²) in [4.78, 5) is 33.1. The largest absolute Gasteiger partial charge is 0.493 e. The van der Waals surface area contributed by atoms with Gasteiger partial charge in [0.15, 0.2) is 11.5 Å². The van der Waals surface area contributed by atoms with Crippen molar-refractivity contribution in [2.75, 3.05) is 44.6 Å². The Bertz CT molecular complexity index is 1330. The van der Waals surface area contributed by atoms with Gasteiger partial charge in [-0.1, -0.05) is 0 Å². The number of carbonyl (C=O) groups excluding carboxylic acids is 2. The number of methoxy groups -OCH3 is 3. The Kier molecular flexibility index (Phi) is 7.25. The average molecular weight is 512 g/mol. The summed E-state index contributed by atoms with van der Waals surface area (Å²) in [6.07, 6.45) is 0. The van der Waals surface area contributed by atoms with Crippen LogP contribution in [0.5, 0.6) is 17.2 Å². The second-order valence-electron chi connectivity index (χ2n) is 8.08. The Morgan fingerprint density at radius 1 is 1.08 bits per heavy atom. The van der Waals surface area contributed by atoms with E-state index in [1.54, 1.807) is 12.1 Å². The number of anilines is 2. The first-order valence-corrected chi connectivity index (χ1v) is 11.9. The van der Waals surface area contributed by atoms with Crippen LogP contribution in [0.4, 0.5) is 15.1 Å². The molecule has 1 aromatic heterocycles. The number of aryl methyl sites for hydroxylation is 1. The van der Waals surface area contributed by atoms with E-state index in [2.05, 4.69) is 10.3 Å². The van der Waals surface area contributed by atoms with E-state index in [0.717, 1.165) is 16.0 Å². The van der Waals surface area contributed by atoms with Gasteiger partial charge in [0.05, 0.1) is 27.0 Å². The van der Waals surface area contributed by atoms with E-state index < -0.39 is 11.7 Å². The number of thiophene rings is 1. The highest BCUT2D eigenvalue weighted by molar-refractivity contribution is 7.17. The lowest BCUT2D eigenvalue weighted by Crippen LogP contribution is -2.38. The maximum Gasteiger partial charge on any atom is 0.249 e. The van der Waals surface area contributed by atoms with Gasteiger partial charge >= 0.3 is 0 Å². The van der Waals surface area contributed by atoms with Crippen molar-refractivity contribution < 1.29 is 28.2 Å². The number of halogens is 1. The lowest BCUT2D eigenvalue weighted by Gasteiger charge is -2.20. The van der Waals surface area contributed by atoms with E-state index in [-0.39, 0.29) is 19.0 Å². The highest BCUT2D eigenvalue weighted by Crippen LogP contribution is 2.42. The molecule has 10 heteroatoms. The first kappa shape index (κ1) is 25.2. The summed E-state index contributed by atoms with van der Waals surface area (Å²) in [7, 11) is 4.60. The van der Waals surface area contributed by atoms with E-state index in [4.69, 9.17) is 14.2 Å². The number of hydrogen-bond acceptors (Lipinski definition) is 7. The Balaban J connectivity index is 1.74. The molecule has 0 radical (unpaired) electrons. The predicted octanol–water partition coefficient (Wildman–Crippen LogP) is 4.35. The highest BCUT2D eigenvalue weighted by atomic mass is 32.1. The van der Waals surface area contributed by atoms with Crippen molar-refractivity contribution in [3.63, 3.8) is 0 Å². The Morgan fingerprint density at radius 2 is 1.72 bits per heavy atom. The smallest absolute Gasteiger partial charge is 0.249 e. The molecule has 8 nitrogen and oxygen atoms in total. The van der Waals surface area contributed by atoms with Gasteiger partial charge in [-0.2, -0.15) is 0 Å². The van der Waals surface area contributed by atoms with E-state index in [9.17, 15) is 14.0 Å². The Labute approximate surface area is 212 Å². The van der Waals surface area contributed by atoms with Gasteiger partial charge in [-0.3, -0.25) is 19.5 Å². The standard InChI is InChI=1S/C26H26FN3O5S/c1-14-15(2)36-26-23(14)24(16-10-19(33-3)25(35-5)20(11-16)34-4)28-12-22(32)30(26)13-21(31)29-18-8-6-17(27)7-9-18/h6-11H,12-13H2,1-5H3,(H,29,31). The molecular formula is C26H26FN3O5S. The van der Waals surface area contributed by atoms with Crippen LogP contribution in [0.25, 0.3) is 0 Å². The summed E-state index contributed by atoms with van der Waals surface area (Å²) in [5, 5.41) is 3.35. The molecule has 2 heterocycles. The minimum atomic E-state index is -0.402. The minimum absolute atomic E-state index is 0.143. The average Bonchev–Trinajstić information content (AvgIpc) is 3.09. The molecule has 0 saturated heterocycles. The van der Waals surface area contributed by atoms with Crippen molar-refractivity contribution in [1.82, 2.24) is 0 Å². The normalized spacial score (nSPS) is 13.0. The van der Waals surface area contributed by atoms with Crippen LogP contribution in [0.2, 0.25) is 0 Å². The van der Waals surface area contributed by atoms with E-state index in [1.165, 1.54) is 61.8 Å². The zero-order valence-corrected chi connectivity index (χ0v) is 21.4. The van der Waals surface area contributed by atoms with Gasteiger partial charge in [0, 0.05) is 21.7 Å². The van der Waals surface area contributed by atoms with Gasteiger partial charge in [0.25, 0.3) is 0 Å². The van der Waals surface area contributed by atoms with Crippen molar-refractivity contribution in [1.29, 1.82) is 0 Å². The van der Waals surface area contributed by atoms with Gasteiger partial charge in [-0.25, -0.2) is 4.39 Å². The van der Waals surface area contributed by atoms with Crippen molar-refractivity contribution in [2.24, 2.45) is 4.99 Å². The molecule has 2 amide bonds. The molecule has 4 rings (SSSR count). The number of fused-ring (bicyclic) bond motifs is 1. The van der Waals surface area contributed by atoms with Crippen LogP contribution in [0.3, 0.4) is 0 Å². The van der Waals surface area contributed by atoms with Crippen molar-refractivity contribution in [3.05, 3.63) is 63.8 Å². The number of carbonyl (C=O) groups is 2. The molecule has 0 unspecified atom stereocenters. The van der Waals surface area contributed by atoms with Crippen LogP contribution < -0.4 is 24.4 Å². The van der Waals surface area contributed by atoms with E-state index in [0.29, 0.717) is 39.2 Å². The number of nitrogens with one attached hydrogen (secondary N) is 1. The third-order valence-corrected chi connectivity index (χ3v) is 7.12. The van der Waals surface area contributed by atoms with Gasteiger partial charge in [-0.05, 0) is 55.8 Å². The number of nitrogens with zero attached hydrogens (tertiary/aromatic N) is 2. The van der Waals surface area contributed by atoms with Crippen LogP contribution in [0, 0.1) is 19.7 Å². The number of hydrogen-bond donors (Lipinski definition) is 1. The fourth-order valence-corrected chi connectivity index (χ4v) is 5.17. The second-order valence-corrected chi connectivity index (χ2v) is 9.28. The van der Waals surface area contributed by atoms with E-state index in [1.807, 2.05) is 13.8 Å². The molecule has 0 bridgehead atoms. The molecule has 0 saturated carbocycles. The number of amides is 2.